The van der Waals surface area contributed by atoms with Gasteiger partial charge in [-0.3, -0.25) is 4.79 Å². The van der Waals surface area contributed by atoms with Crippen molar-refractivity contribution < 1.29 is 22.5 Å². The van der Waals surface area contributed by atoms with Crippen LogP contribution in [0.1, 0.15) is 82.8 Å². The zero-order chi connectivity index (χ0) is 27.3. The van der Waals surface area contributed by atoms with Crippen molar-refractivity contribution in [2.75, 3.05) is 18.5 Å². The number of carbonyl (C=O) groups excluding carboxylic acids is 1. The number of nitriles is 1. The molecule has 3 aliphatic rings. The molecule has 36 heavy (non-hydrogen) atoms. The lowest BCUT2D eigenvalue weighted by molar-refractivity contribution is -0.123. The zero-order valence-corrected chi connectivity index (χ0v) is 20.3. The smallest absolute Gasteiger partial charge is 0.291 e. The number of aromatic nitrogens is 3. The number of nitrogens with zero attached hydrogens (tertiary/aromatic N) is 3. The van der Waals surface area contributed by atoms with Gasteiger partial charge < -0.3 is 25.3 Å². The summed E-state index contributed by atoms with van der Waals surface area (Å²) in [5.74, 6) is -0.494. The lowest BCUT2D eigenvalue weighted by Crippen LogP contribution is -2.43. The van der Waals surface area contributed by atoms with E-state index in [4.69, 9.17) is 17.7 Å². The van der Waals surface area contributed by atoms with E-state index in [9.17, 15) is 15.0 Å². The number of anilines is 1. The van der Waals surface area contributed by atoms with Crippen molar-refractivity contribution in [2.24, 2.45) is 5.41 Å². The molecule has 1 amide bonds. The molecule has 1 fully saturated rings. The fraction of sp³-hybridized carbons (Fsp3) is 0.481. The van der Waals surface area contributed by atoms with Gasteiger partial charge in [-0.1, -0.05) is 19.9 Å². The fourth-order valence-electron chi connectivity index (χ4n) is 4.97. The normalized spacial score (nSPS) is 31.5. The second-order valence-corrected chi connectivity index (χ2v) is 10.5. The van der Waals surface area contributed by atoms with Gasteiger partial charge in [0.15, 0.2) is 5.82 Å². The number of aliphatic hydroxyl groups excluding tert-OH is 2. The van der Waals surface area contributed by atoms with Crippen molar-refractivity contribution in [3.8, 4) is 6.07 Å². The maximum Gasteiger partial charge on any atom is 0.291 e. The quantitative estimate of drug-likeness (QED) is 0.483. The summed E-state index contributed by atoms with van der Waals surface area (Å²) in [7, 11) is 0. The van der Waals surface area contributed by atoms with Crippen LogP contribution in [0.3, 0.4) is 0 Å². The van der Waals surface area contributed by atoms with Gasteiger partial charge in [0.2, 0.25) is 0 Å². The summed E-state index contributed by atoms with van der Waals surface area (Å²) in [5, 5.41) is 32.2. The van der Waals surface area contributed by atoms with Crippen LogP contribution in [0.25, 0.3) is 11.1 Å². The molecular weight excluding hydrogens is 458 g/mol. The van der Waals surface area contributed by atoms with Crippen LogP contribution in [0.2, 0.25) is 0 Å². The van der Waals surface area contributed by atoms with Gasteiger partial charge in [0.25, 0.3) is 5.91 Å². The molecule has 2 bridgehead atoms. The van der Waals surface area contributed by atoms with Gasteiger partial charge in [-0.05, 0) is 66.8 Å². The van der Waals surface area contributed by atoms with E-state index in [1.165, 1.54) is 6.20 Å². The van der Waals surface area contributed by atoms with Crippen LogP contribution in [0.4, 0.5) is 5.69 Å². The number of nitrogens with one attached hydrogen (secondary N) is 2. The molecule has 4 heterocycles. The van der Waals surface area contributed by atoms with Crippen molar-refractivity contribution in [1.82, 2.24) is 15.0 Å². The Morgan fingerprint density at radius 2 is 2.14 bits per heavy atom. The van der Waals surface area contributed by atoms with Gasteiger partial charge in [0.05, 0.1) is 42.1 Å². The number of amides is 1. The van der Waals surface area contributed by atoms with Crippen molar-refractivity contribution in [1.29, 1.82) is 5.26 Å². The number of ether oxygens (including phenoxy) is 1. The average molecular weight is 492 g/mol. The molecular formula is C27H31N5O4. The predicted octanol–water partition coefficient (Wildman–Crippen LogP) is 3.58. The lowest BCUT2D eigenvalue weighted by Gasteiger charge is -2.37. The predicted molar refractivity (Wildman–Crippen MR) is 134 cm³/mol. The molecule has 9 heteroatoms. The number of H-pyrrole nitrogens is 1. The van der Waals surface area contributed by atoms with Crippen LogP contribution in [0, 0.1) is 16.7 Å². The second-order valence-electron chi connectivity index (χ2n) is 10.5. The monoisotopic (exact) mass is 491 g/mol. The third kappa shape index (κ3) is 4.48. The van der Waals surface area contributed by atoms with Crippen LogP contribution in [-0.2, 0) is 4.74 Å². The fourth-order valence-corrected chi connectivity index (χ4v) is 4.97. The lowest BCUT2D eigenvalue weighted by atomic mass is 9.77. The Bertz CT molecular complexity index is 1380. The minimum Gasteiger partial charge on any atom is -0.393 e. The first-order valence-electron chi connectivity index (χ1n) is 13.2. The molecule has 2 aromatic heterocycles. The molecule has 0 saturated carbocycles. The molecule has 4 atom stereocenters. The van der Waals surface area contributed by atoms with Crippen LogP contribution in [0.15, 0.2) is 30.5 Å². The summed E-state index contributed by atoms with van der Waals surface area (Å²) in [4.78, 5) is 24.5. The van der Waals surface area contributed by atoms with Crippen LogP contribution in [-0.4, -0.2) is 55.5 Å². The Morgan fingerprint density at radius 1 is 1.31 bits per heavy atom. The maximum absolute atomic E-state index is 12.9. The molecule has 9 nitrogen and oxygen atoms in total. The molecule has 0 aromatic carbocycles. The first kappa shape index (κ1) is 21.9. The molecule has 2 aliphatic heterocycles. The molecule has 1 aliphatic carbocycles. The summed E-state index contributed by atoms with van der Waals surface area (Å²) in [6.45, 7) is 3.47. The van der Waals surface area contributed by atoms with Crippen molar-refractivity contribution in [3.05, 3.63) is 53.4 Å². The van der Waals surface area contributed by atoms with E-state index in [1.807, 2.05) is 6.07 Å². The molecule has 5 rings (SSSR count). The number of allylic oxidation sites excluding steroid dienone is 2. The molecule has 4 N–H and O–H groups in total. The molecule has 188 valence electrons. The first-order valence-corrected chi connectivity index (χ1v) is 12.0. The summed E-state index contributed by atoms with van der Waals surface area (Å²) in [5.41, 5.74) is 0.934. The van der Waals surface area contributed by atoms with E-state index >= 15 is 0 Å². The molecule has 0 radical (unpaired) electrons. The zero-order valence-electron chi connectivity index (χ0n) is 22.3. The largest absolute Gasteiger partial charge is 0.393 e. The van der Waals surface area contributed by atoms with Gasteiger partial charge >= 0.3 is 0 Å². The van der Waals surface area contributed by atoms with E-state index in [0.717, 1.165) is 24.8 Å². The number of pyridine rings is 1. The van der Waals surface area contributed by atoms with Gasteiger partial charge in [0, 0.05) is 9.16 Å². The first-order chi connectivity index (χ1) is 18.0. The van der Waals surface area contributed by atoms with Gasteiger partial charge in [-0.2, -0.15) is 5.26 Å². The average Bonchev–Trinajstić information content (AvgIpc) is 3.46. The highest BCUT2D eigenvalue weighted by Gasteiger charge is 2.51. The van der Waals surface area contributed by atoms with Crippen LogP contribution < -0.4 is 5.32 Å². The molecule has 1 saturated heterocycles. The van der Waals surface area contributed by atoms with Crippen molar-refractivity contribution in [3.63, 3.8) is 0 Å². The van der Waals surface area contributed by atoms with E-state index in [2.05, 4.69) is 35.2 Å². The highest BCUT2D eigenvalue weighted by Crippen LogP contribution is 2.49. The topological polar surface area (TPSA) is 144 Å². The Hall–Kier alpha value is -3.32. The Labute approximate surface area is 212 Å². The number of hydrogen-bond donors (Lipinski definition) is 4. The number of aliphatic hydroxyl groups is 2. The van der Waals surface area contributed by atoms with Gasteiger partial charge in [-0.25, -0.2) is 9.97 Å². The summed E-state index contributed by atoms with van der Waals surface area (Å²) >= 11 is 0. The second kappa shape index (κ2) is 8.96. The Balaban J connectivity index is 1.55. The molecule has 4 unspecified atom stereocenters. The van der Waals surface area contributed by atoms with Crippen LogP contribution >= 0.6 is 0 Å². The number of carbonyl (C=O) groups is 1. The van der Waals surface area contributed by atoms with E-state index in [1.54, 1.807) is 18.2 Å². The van der Waals surface area contributed by atoms with Crippen molar-refractivity contribution in [2.45, 2.75) is 63.5 Å². The SMILES string of the molecule is [2H]C1C([2H])C2(CO)CC(c3ccc(NC(=O)c4ncc(C#N)[nH]4)c(C4=CCC(C)(C)CC4)n3)=CC1(CO)O2. The Kier molecular flexibility index (Phi) is 5.46. The highest BCUT2D eigenvalue weighted by molar-refractivity contribution is 6.03. The number of hydrogen-bond acceptors (Lipinski definition) is 7. The maximum atomic E-state index is 12.9. The minimum atomic E-state index is -1.40. The third-order valence-electron chi connectivity index (χ3n) is 7.15. The van der Waals surface area contributed by atoms with Gasteiger partial charge in [0.1, 0.15) is 17.4 Å². The van der Waals surface area contributed by atoms with E-state index in [-0.39, 0.29) is 23.4 Å². The highest BCUT2D eigenvalue weighted by atomic mass is 16.6. The number of rotatable bonds is 6. The summed E-state index contributed by atoms with van der Waals surface area (Å²) in [6, 6.07) is 5.40. The minimum absolute atomic E-state index is 0.0109. The van der Waals surface area contributed by atoms with E-state index < -0.39 is 43.1 Å². The van der Waals surface area contributed by atoms with Gasteiger partial charge in [-0.15, -0.1) is 0 Å². The molecule has 0 spiro atoms. The number of imidazole rings is 1. The third-order valence-corrected chi connectivity index (χ3v) is 7.15. The molecule has 2 aromatic rings. The number of aromatic amines is 1. The van der Waals surface area contributed by atoms with E-state index in [0.29, 0.717) is 22.6 Å². The number of fused-ring (bicyclic) bond motifs is 2. The summed E-state index contributed by atoms with van der Waals surface area (Å²) < 4.78 is 23.0. The Morgan fingerprint density at radius 3 is 2.81 bits per heavy atom. The van der Waals surface area contributed by atoms with Crippen molar-refractivity contribution >= 4 is 22.7 Å². The van der Waals surface area contributed by atoms with Crippen LogP contribution in [0.5, 0.6) is 0 Å². The summed E-state index contributed by atoms with van der Waals surface area (Å²) in [6.07, 6.45) is 5.72. The standard InChI is InChI=1S/C27H31N5O4/c1-25(2)7-5-17(6-8-25)22-21(32-24(35)23-29-14-19(13-28)30-23)4-3-20(31-22)18-11-26(15-33)9-10-27(12-18,16-34)36-26/h3-5,11,14,33-34H,6-10,12,15-16H2,1-2H3,(H,29,30)(H,32,35)/i9D,10D.